The Hall–Kier alpha value is -1.32. The van der Waals surface area contributed by atoms with Gasteiger partial charge in [-0.05, 0) is 18.3 Å². The molecule has 0 bridgehead atoms. The van der Waals surface area contributed by atoms with Crippen LogP contribution < -0.4 is 10.6 Å². The first-order valence-electron chi connectivity index (χ1n) is 5.95. The molecule has 1 aromatic heterocycles. The fraction of sp³-hybridized carbons (Fsp3) is 0.667. The molecule has 0 aliphatic carbocycles. The van der Waals surface area contributed by atoms with E-state index in [0.717, 1.165) is 30.5 Å². The molecule has 16 heavy (non-hydrogen) atoms. The highest BCUT2D eigenvalue weighted by Gasteiger charge is 2.21. The average Bonchev–Trinajstić information content (AvgIpc) is 2.64. The number of nitrogen functional groups attached to an aromatic ring is 1. The Morgan fingerprint density at radius 3 is 2.75 bits per heavy atom. The molecular formula is C12H20N4. The Kier molecular flexibility index (Phi) is 2.99. The lowest BCUT2D eigenvalue weighted by molar-refractivity contribution is 0.658. The summed E-state index contributed by atoms with van der Waals surface area (Å²) in [7, 11) is 0. The molecule has 0 amide bonds. The van der Waals surface area contributed by atoms with Gasteiger partial charge in [0.25, 0.3) is 0 Å². The molecule has 0 saturated carbocycles. The van der Waals surface area contributed by atoms with E-state index in [4.69, 9.17) is 5.73 Å². The van der Waals surface area contributed by atoms with E-state index in [1.807, 2.05) is 0 Å². The number of hydrogen-bond acceptors (Lipinski definition) is 4. The van der Waals surface area contributed by atoms with Crippen LogP contribution in [-0.2, 0) is 0 Å². The van der Waals surface area contributed by atoms with Gasteiger partial charge in [-0.3, -0.25) is 0 Å². The lowest BCUT2D eigenvalue weighted by Crippen LogP contribution is -2.21. The highest BCUT2D eigenvalue weighted by molar-refractivity contribution is 5.45. The molecule has 0 aromatic carbocycles. The summed E-state index contributed by atoms with van der Waals surface area (Å²) in [5.74, 6) is 2.52. The van der Waals surface area contributed by atoms with Crippen LogP contribution in [0.4, 0.5) is 11.8 Å². The van der Waals surface area contributed by atoms with E-state index in [-0.39, 0.29) is 0 Å². The van der Waals surface area contributed by atoms with Crippen molar-refractivity contribution in [3.05, 3.63) is 11.8 Å². The number of aromatic nitrogens is 2. The molecule has 1 atom stereocenters. The van der Waals surface area contributed by atoms with Gasteiger partial charge in [-0.25, -0.2) is 4.98 Å². The van der Waals surface area contributed by atoms with Crippen molar-refractivity contribution in [3.63, 3.8) is 0 Å². The third-order valence-corrected chi connectivity index (χ3v) is 3.09. The highest BCUT2D eigenvalue weighted by atomic mass is 15.2. The Balaban J connectivity index is 2.27. The number of hydrogen-bond donors (Lipinski definition) is 1. The smallest absolute Gasteiger partial charge is 0.222 e. The number of rotatable bonds is 2. The van der Waals surface area contributed by atoms with Crippen LogP contribution in [0.15, 0.2) is 6.07 Å². The molecule has 2 heterocycles. The first-order chi connectivity index (χ1) is 7.56. The van der Waals surface area contributed by atoms with E-state index >= 15 is 0 Å². The lowest BCUT2D eigenvalue weighted by atomic mass is 10.1. The van der Waals surface area contributed by atoms with E-state index in [9.17, 15) is 0 Å². The van der Waals surface area contributed by atoms with Crippen LogP contribution >= 0.6 is 0 Å². The zero-order chi connectivity index (χ0) is 11.7. The van der Waals surface area contributed by atoms with Gasteiger partial charge in [0.15, 0.2) is 0 Å². The van der Waals surface area contributed by atoms with Crippen molar-refractivity contribution in [1.29, 1.82) is 0 Å². The third-order valence-electron chi connectivity index (χ3n) is 3.09. The summed E-state index contributed by atoms with van der Waals surface area (Å²) in [6, 6.07) is 2.07. The summed E-state index contributed by atoms with van der Waals surface area (Å²) in [5, 5.41) is 0. The topological polar surface area (TPSA) is 55.0 Å². The minimum Gasteiger partial charge on any atom is -0.368 e. The summed E-state index contributed by atoms with van der Waals surface area (Å²) in [6.45, 7) is 8.67. The lowest BCUT2D eigenvalue weighted by Gasteiger charge is -2.18. The Bertz CT molecular complexity index is 375. The van der Waals surface area contributed by atoms with E-state index in [1.54, 1.807) is 0 Å². The molecule has 0 unspecified atom stereocenters. The van der Waals surface area contributed by atoms with Crippen molar-refractivity contribution in [2.24, 2.45) is 5.92 Å². The minimum atomic E-state index is 0.390. The van der Waals surface area contributed by atoms with Crippen molar-refractivity contribution in [3.8, 4) is 0 Å². The predicted octanol–water partition coefficient (Wildman–Crippen LogP) is 2.03. The molecule has 2 rings (SSSR count). The molecular weight excluding hydrogens is 200 g/mol. The van der Waals surface area contributed by atoms with Crippen LogP contribution in [-0.4, -0.2) is 23.1 Å². The fourth-order valence-electron chi connectivity index (χ4n) is 2.07. The first kappa shape index (κ1) is 11.2. The molecule has 1 aliphatic heterocycles. The summed E-state index contributed by atoms with van der Waals surface area (Å²) >= 11 is 0. The Morgan fingerprint density at radius 2 is 2.19 bits per heavy atom. The third kappa shape index (κ3) is 2.26. The maximum absolute atomic E-state index is 5.75. The van der Waals surface area contributed by atoms with Gasteiger partial charge in [-0.2, -0.15) is 4.98 Å². The molecule has 0 spiro atoms. The highest BCUT2D eigenvalue weighted by Crippen LogP contribution is 2.24. The first-order valence-corrected chi connectivity index (χ1v) is 5.95. The van der Waals surface area contributed by atoms with Gasteiger partial charge < -0.3 is 10.6 Å². The predicted molar refractivity (Wildman–Crippen MR) is 66.5 cm³/mol. The SMILES string of the molecule is CC(C)c1cc(N2CC[C@H](C)C2)nc(N)n1. The number of nitrogens with two attached hydrogens (primary N) is 1. The van der Waals surface area contributed by atoms with Crippen LogP contribution in [0.3, 0.4) is 0 Å². The largest absolute Gasteiger partial charge is 0.368 e. The molecule has 1 fully saturated rings. The quantitative estimate of drug-likeness (QED) is 0.828. The normalized spacial score (nSPS) is 20.8. The minimum absolute atomic E-state index is 0.390. The maximum Gasteiger partial charge on any atom is 0.222 e. The van der Waals surface area contributed by atoms with Crippen LogP contribution in [0.1, 0.15) is 38.8 Å². The molecule has 4 nitrogen and oxygen atoms in total. The molecule has 1 aromatic rings. The van der Waals surface area contributed by atoms with E-state index in [2.05, 4.69) is 41.7 Å². The van der Waals surface area contributed by atoms with Gasteiger partial charge in [-0.1, -0.05) is 20.8 Å². The van der Waals surface area contributed by atoms with Crippen molar-refractivity contribution in [1.82, 2.24) is 9.97 Å². The summed E-state index contributed by atoms with van der Waals surface area (Å²) in [4.78, 5) is 10.9. The van der Waals surface area contributed by atoms with E-state index in [0.29, 0.717) is 11.9 Å². The molecule has 2 N–H and O–H groups in total. The van der Waals surface area contributed by atoms with Crippen LogP contribution in [0.5, 0.6) is 0 Å². The van der Waals surface area contributed by atoms with Gasteiger partial charge in [0.2, 0.25) is 5.95 Å². The molecule has 4 heteroatoms. The second kappa shape index (κ2) is 4.28. The molecule has 0 radical (unpaired) electrons. The fourth-order valence-corrected chi connectivity index (χ4v) is 2.07. The summed E-state index contributed by atoms with van der Waals surface area (Å²) in [5.41, 5.74) is 6.78. The van der Waals surface area contributed by atoms with Crippen molar-refractivity contribution < 1.29 is 0 Å². The average molecular weight is 220 g/mol. The van der Waals surface area contributed by atoms with Gasteiger partial charge in [0, 0.05) is 19.2 Å². The van der Waals surface area contributed by atoms with Crippen molar-refractivity contribution >= 4 is 11.8 Å². The van der Waals surface area contributed by atoms with Gasteiger partial charge in [0.1, 0.15) is 5.82 Å². The molecule has 1 saturated heterocycles. The van der Waals surface area contributed by atoms with Gasteiger partial charge >= 0.3 is 0 Å². The van der Waals surface area contributed by atoms with E-state index < -0.39 is 0 Å². The Morgan fingerprint density at radius 1 is 1.44 bits per heavy atom. The molecule has 88 valence electrons. The monoisotopic (exact) mass is 220 g/mol. The number of anilines is 2. The van der Waals surface area contributed by atoms with E-state index in [1.165, 1.54) is 6.42 Å². The summed E-state index contributed by atoms with van der Waals surface area (Å²) in [6.07, 6.45) is 1.24. The maximum atomic E-state index is 5.75. The van der Waals surface area contributed by atoms with Gasteiger partial charge in [0.05, 0.1) is 5.69 Å². The second-order valence-corrected chi connectivity index (χ2v) is 5.00. The standard InChI is InChI=1S/C12H20N4/c1-8(2)10-6-11(15-12(13)14-10)16-5-4-9(3)7-16/h6,8-9H,4-5,7H2,1-3H3,(H2,13,14,15)/t9-/m0/s1. The summed E-state index contributed by atoms with van der Waals surface area (Å²) < 4.78 is 0. The molecule has 1 aliphatic rings. The van der Waals surface area contributed by atoms with Crippen molar-refractivity contribution in [2.75, 3.05) is 23.7 Å². The van der Waals surface area contributed by atoms with Gasteiger partial charge in [-0.15, -0.1) is 0 Å². The van der Waals surface area contributed by atoms with Crippen LogP contribution in [0.25, 0.3) is 0 Å². The zero-order valence-electron chi connectivity index (χ0n) is 10.3. The van der Waals surface area contributed by atoms with Crippen LogP contribution in [0, 0.1) is 5.92 Å². The zero-order valence-corrected chi connectivity index (χ0v) is 10.3. The van der Waals surface area contributed by atoms with Crippen LogP contribution in [0.2, 0.25) is 0 Å². The second-order valence-electron chi connectivity index (χ2n) is 5.00. The Labute approximate surface area is 96.9 Å². The van der Waals surface area contributed by atoms with Crippen molar-refractivity contribution in [2.45, 2.75) is 33.1 Å². The number of nitrogens with zero attached hydrogens (tertiary/aromatic N) is 3.